The molecule has 0 unspecified atom stereocenters. The van der Waals surface area contributed by atoms with E-state index in [1.54, 1.807) is 31.3 Å². The molecule has 26 heavy (non-hydrogen) atoms. The Balaban J connectivity index is 2.02. The minimum absolute atomic E-state index is 0.0879. The van der Waals surface area contributed by atoms with E-state index in [0.717, 1.165) is 23.8 Å². The monoisotopic (exact) mass is 395 g/mol. The lowest BCUT2D eigenvalue weighted by atomic mass is 10.1. The van der Waals surface area contributed by atoms with Crippen molar-refractivity contribution >= 4 is 32.7 Å². The zero-order valence-electron chi connectivity index (χ0n) is 14.6. The van der Waals surface area contributed by atoms with Gasteiger partial charge in [-0.1, -0.05) is 6.07 Å². The van der Waals surface area contributed by atoms with Gasteiger partial charge in [0.25, 0.3) is 5.69 Å². The molecule has 0 bridgehead atoms. The maximum Gasteiger partial charge on any atom is 0.293 e. The number of anilines is 1. The van der Waals surface area contributed by atoms with Gasteiger partial charge >= 0.3 is 0 Å². The molecule has 1 atom stereocenters. The highest BCUT2D eigenvalue weighted by molar-refractivity contribution is 7.89. The van der Waals surface area contributed by atoms with Crippen LogP contribution in [0.15, 0.2) is 40.6 Å². The van der Waals surface area contributed by atoms with Crippen LogP contribution in [0.5, 0.6) is 0 Å². The van der Waals surface area contributed by atoms with Crippen LogP contribution in [-0.4, -0.2) is 25.9 Å². The number of sulfonamides is 1. The predicted octanol–water partition coefficient (Wildman–Crippen LogP) is 3.68. The van der Waals surface area contributed by atoms with E-state index in [9.17, 15) is 18.5 Å². The molecule has 1 aliphatic rings. The Morgan fingerprint density at radius 2 is 2.12 bits per heavy atom. The first-order valence-corrected chi connectivity index (χ1v) is 10.8. The zero-order chi connectivity index (χ0) is 18.9. The Bertz CT molecular complexity index is 895. The summed E-state index contributed by atoms with van der Waals surface area (Å²) in [7, 11) is -3.78. The van der Waals surface area contributed by atoms with E-state index < -0.39 is 14.9 Å². The summed E-state index contributed by atoms with van der Waals surface area (Å²) < 4.78 is 27.2. The normalized spacial score (nSPS) is 17.8. The summed E-state index contributed by atoms with van der Waals surface area (Å²) in [5, 5.41) is 13.6. The van der Waals surface area contributed by atoms with E-state index >= 15 is 0 Å². The van der Waals surface area contributed by atoms with Crippen molar-refractivity contribution in [3.63, 3.8) is 0 Å². The van der Waals surface area contributed by atoms with Crippen LogP contribution < -0.4 is 9.62 Å². The van der Waals surface area contributed by atoms with Gasteiger partial charge in [-0.2, -0.15) is 0 Å². The number of nitro benzene ring substituents is 1. The Morgan fingerprint density at radius 3 is 2.73 bits per heavy atom. The highest BCUT2D eigenvalue weighted by Crippen LogP contribution is 2.42. The molecule has 0 radical (unpaired) electrons. The van der Waals surface area contributed by atoms with Gasteiger partial charge in [0.2, 0.25) is 10.0 Å². The molecule has 7 nitrogen and oxygen atoms in total. The molecular formula is C17H21N3O4S2. The lowest BCUT2D eigenvalue weighted by molar-refractivity contribution is -0.384. The third-order valence-electron chi connectivity index (χ3n) is 4.28. The lowest BCUT2D eigenvalue weighted by Crippen LogP contribution is -2.30. The van der Waals surface area contributed by atoms with Gasteiger partial charge in [0, 0.05) is 23.5 Å². The van der Waals surface area contributed by atoms with Gasteiger partial charge in [-0.3, -0.25) is 10.1 Å². The summed E-state index contributed by atoms with van der Waals surface area (Å²) in [6, 6.07) is 7.95. The standard InChI is InChI=1S/C17H21N3O4S2/c1-12(2)18-26(23,24)13-7-8-14(16(11-13)20(21)22)19-9-3-5-15(19)17-6-4-10-25-17/h4,6-8,10-12,15,18H,3,5,9H2,1-2H3/t15-/m1/s1. The van der Waals surface area contributed by atoms with Crippen LogP contribution in [0.2, 0.25) is 0 Å². The van der Waals surface area contributed by atoms with Crippen molar-refractivity contribution in [1.82, 2.24) is 4.72 Å². The van der Waals surface area contributed by atoms with E-state index in [2.05, 4.69) is 4.72 Å². The molecule has 1 aliphatic heterocycles. The van der Waals surface area contributed by atoms with Crippen LogP contribution in [0.1, 0.15) is 37.6 Å². The Morgan fingerprint density at radius 1 is 1.35 bits per heavy atom. The van der Waals surface area contributed by atoms with Crippen molar-refractivity contribution in [2.75, 3.05) is 11.4 Å². The first-order valence-electron chi connectivity index (χ1n) is 8.40. The second-order valence-electron chi connectivity index (χ2n) is 6.55. The highest BCUT2D eigenvalue weighted by atomic mass is 32.2. The number of thiophene rings is 1. The fraction of sp³-hybridized carbons (Fsp3) is 0.412. The van der Waals surface area contributed by atoms with E-state index in [-0.39, 0.29) is 22.7 Å². The minimum atomic E-state index is -3.78. The third kappa shape index (κ3) is 3.74. The molecule has 3 rings (SSSR count). The maximum absolute atomic E-state index is 12.4. The number of nitro groups is 1. The van der Waals surface area contributed by atoms with Gasteiger partial charge in [0.05, 0.1) is 15.9 Å². The maximum atomic E-state index is 12.4. The molecule has 2 heterocycles. The summed E-state index contributed by atoms with van der Waals surface area (Å²) in [5.74, 6) is 0. The highest BCUT2D eigenvalue weighted by Gasteiger charge is 2.32. The summed E-state index contributed by atoms with van der Waals surface area (Å²) >= 11 is 1.63. The smallest absolute Gasteiger partial charge is 0.293 e. The van der Waals surface area contributed by atoms with Crippen molar-refractivity contribution in [2.45, 2.75) is 43.7 Å². The SMILES string of the molecule is CC(C)NS(=O)(=O)c1ccc(N2CCC[C@@H]2c2cccs2)c([N+](=O)[O-])c1. The second kappa shape index (κ2) is 7.34. The Hall–Kier alpha value is -1.97. The predicted molar refractivity (Wildman–Crippen MR) is 102 cm³/mol. The third-order valence-corrected chi connectivity index (χ3v) is 6.91. The van der Waals surface area contributed by atoms with Crippen LogP contribution in [0, 0.1) is 10.1 Å². The average Bonchev–Trinajstić information content (AvgIpc) is 3.24. The average molecular weight is 396 g/mol. The van der Waals surface area contributed by atoms with Crippen LogP contribution >= 0.6 is 11.3 Å². The van der Waals surface area contributed by atoms with E-state index in [1.165, 1.54) is 6.07 Å². The molecule has 1 saturated heterocycles. The van der Waals surface area contributed by atoms with Crippen molar-refractivity contribution in [3.05, 3.63) is 50.7 Å². The minimum Gasteiger partial charge on any atom is -0.358 e. The first-order chi connectivity index (χ1) is 12.3. The molecule has 0 spiro atoms. The molecule has 9 heteroatoms. The van der Waals surface area contributed by atoms with Crippen LogP contribution in [0.25, 0.3) is 0 Å². The molecule has 1 N–H and O–H groups in total. The van der Waals surface area contributed by atoms with E-state index in [1.807, 2.05) is 22.4 Å². The Labute approximate surface area is 156 Å². The fourth-order valence-corrected chi connectivity index (χ4v) is 5.41. The van der Waals surface area contributed by atoms with Crippen molar-refractivity contribution in [1.29, 1.82) is 0 Å². The van der Waals surface area contributed by atoms with Crippen LogP contribution in [0.4, 0.5) is 11.4 Å². The summed E-state index contributed by atoms with van der Waals surface area (Å²) in [4.78, 5) is 14.2. The van der Waals surface area contributed by atoms with Gasteiger partial charge in [-0.05, 0) is 50.3 Å². The van der Waals surface area contributed by atoms with Crippen molar-refractivity contribution < 1.29 is 13.3 Å². The molecule has 0 saturated carbocycles. The molecular weight excluding hydrogens is 374 g/mol. The largest absolute Gasteiger partial charge is 0.358 e. The van der Waals surface area contributed by atoms with Crippen molar-refractivity contribution in [2.24, 2.45) is 0 Å². The quantitative estimate of drug-likeness (QED) is 0.595. The lowest BCUT2D eigenvalue weighted by Gasteiger charge is -2.26. The molecule has 1 aromatic heterocycles. The number of hydrogen-bond acceptors (Lipinski definition) is 6. The zero-order valence-corrected chi connectivity index (χ0v) is 16.2. The topological polar surface area (TPSA) is 92.6 Å². The van der Waals surface area contributed by atoms with Crippen LogP contribution in [-0.2, 0) is 10.0 Å². The fourth-order valence-electron chi connectivity index (χ4n) is 3.27. The van der Waals surface area contributed by atoms with Crippen LogP contribution in [0.3, 0.4) is 0 Å². The number of hydrogen-bond donors (Lipinski definition) is 1. The first kappa shape index (κ1) is 18.8. The van der Waals surface area contributed by atoms with Gasteiger partial charge in [0.15, 0.2) is 0 Å². The van der Waals surface area contributed by atoms with E-state index in [0.29, 0.717) is 12.2 Å². The van der Waals surface area contributed by atoms with Gasteiger partial charge in [-0.15, -0.1) is 11.3 Å². The van der Waals surface area contributed by atoms with E-state index in [4.69, 9.17) is 0 Å². The summed E-state index contributed by atoms with van der Waals surface area (Å²) in [6.07, 6.45) is 1.86. The van der Waals surface area contributed by atoms with Gasteiger partial charge in [-0.25, -0.2) is 13.1 Å². The number of rotatable bonds is 6. The molecule has 0 amide bonds. The molecule has 2 aromatic rings. The molecule has 140 valence electrons. The van der Waals surface area contributed by atoms with Gasteiger partial charge in [0.1, 0.15) is 5.69 Å². The molecule has 1 aromatic carbocycles. The molecule has 0 aliphatic carbocycles. The van der Waals surface area contributed by atoms with Gasteiger partial charge < -0.3 is 4.90 Å². The Kier molecular flexibility index (Phi) is 5.31. The number of benzene rings is 1. The summed E-state index contributed by atoms with van der Waals surface area (Å²) in [6.45, 7) is 4.12. The number of nitrogens with zero attached hydrogens (tertiary/aromatic N) is 2. The second-order valence-corrected chi connectivity index (χ2v) is 9.24. The van der Waals surface area contributed by atoms with Crippen molar-refractivity contribution in [3.8, 4) is 0 Å². The summed E-state index contributed by atoms with van der Waals surface area (Å²) in [5.41, 5.74) is 0.287. The number of nitrogens with one attached hydrogen (secondary N) is 1. The molecule has 1 fully saturated rings.